The summed E-state index contributed by atoms with van der Waals surface area (Å²) in [7, 11) is 0. The molecule has 0 unspecified atom stereocenters. The SMILES string of the molecule is CC[C@H]1[C@H](/C=C/C2=CC=C(c3nnn[nH]3)CN2)[C@@H]2[C@@H](C)OC(=O)[C@]2(O)C[C@@H]1C. The molecule has 1 saturated carbocycles. The van der Waals surface area contributed by atoms with Crippen molar-refractivity contribution in [1.82, 2.24) is 25.9 Å². The van der Waals surface area contributed by atoms with Crippen LogP contribution in [-0.2, 0) is 9.53 Å². The molecule has 0 amide bonds. The molecule has 1 aromatic rings. The molecule has 3 heterocycles. The Morgan fingerprint density at radius 3 is 2.86 bits per heavy atom. The minimum atomic E-state index is -1.37. The molecule has 2 aliphatic heterocycles. The van der Waals surface area contributed by atoms with Gasteiger partial charge in [0.15, 0.2) is 11.4 Å². The molecule has 3 aliphatic rings. The molecule has 0 aromatic carbocycles. The first-order valence-electron chi connectivity index (χ1n) is 9.94. The number of H-pyrrole nitrogens is 1. The summed E-state index contributed by atoms with van der Waals surface area (Å²) in [6.07, 6.45) is 9.35. The van der Waals surface area contributed by atoms with Gasteiger partial charge in [-0.15, -0.1) is 5.10 Å². The predicted molar refractivity (Wildman–Crippen MR) is 102 cm³/mol. The van der Waals surface area contributed by atoms with Crippen molar-refractivity contribution in [3.63, 3.8) is 0 Å². The summed E-state index contributed by atoms with van der Waals surface area (Å²) >= 11 is 0. The maximum absolute atomic E-state index is 12.3. The van der Waals surface area contributed by atoms with E-state index in [9.17, 15) is 9.90 Å². The Balaban J connectivity index is 1.59. The Bertz CT molecular complexity index is 831. The van der Waals surface area contributed by atoms with Crippen molar-refractivity contribution in [3.8, 4) is 0 Å². The average molecular weight is 385 g/mol. The van der Waals surface area contributed by atoms with E-state index in [-0.39, 0.29) is 23.9 Å². The van der Waals surface area contributed by atoms with Gasteiger partial charge >= 0.3 is 5.97 Å². The summed E-state index contributed by atoms with van der Waals surface area (Å²) in [6, 6.07) is 0. The van der Waals surface area contributed by atoms with Crippen molar-refractivity contribution in [2.24, 2.45) is 23.7 Å². The third-order valence-electron chi connectivity index (χ3n) is 6.54. The summed E-state index contributed by atoms with van der Waals surface area (Å²) in [5.41, 5.74) is 0.587. The van der Waals surface area contributed by atoms with Gasteiger partial charge in [0.2, 0.25) is 0 Å². The number of aliphatic hydroxyl groups is 1. The van der Waals surface area contributed by atoms with Crippen LogP contribution in [-0.4, -0.2) is 49.9 Å². The molecule has 0 spiro atoms. The number of allylic oxidation sites excluding steroid dienone is 4. The Labute approximate surface area is 164 Å². The molecule has 6 atom stereocenters. The van der Waals surface area contributed by atoms with Gasteiger partial charge in [0, 0.05) is 23.7 Å². The average Bonchev–Trinajstić information content (AvgIpc) is 3.27. The molecule has 2 fully saturated rings. The van der Waals surface area contributed by atoms with Gasteiger partial charge in [-0.1, -0.05) is 32.4 Å². The van der Waals surface area contributed by atoms with E-state index in [2.05, 4.69) is 45.9 Å². The third-order valence-corrected chi connectivity index (χ3v) is 6.54. The number of aromatic amines is 1. The topological polar surface area (TPSA) is 113 Å². The third kappa shape index (κ3) is 3.05. The van der Waals surface area contributed by atoms with Crippen LogP contribution in [0.2, 0.25) is 0 Å². The predicted octanol–water partition coefficient (Wildman–Crippen LogP) is 1.60. The number of carbonyl (C=O) groups excluding carboxylic acids is 1. The van der Waals surface area contributed by atoms with E-state index in [0.29, 0.717) is 24.7 Å². The first-order valence-corrected chi connectivity index (χ1v) is 9.94. The van der Waals surface area contributed by atoms with Gasteiger partial charge in [-0.05, 0) is 53.7 Å². The maximum Gasteiger partial charge on any atom is 0.338 e. The van der Waals surface area contributed by atoms with Gasteiger partial charge in [-0.25, -0.2) is 9.89 Å². The lowest BCUT2D eigenvalue weighted by Crippen LogP contribution is -2.53. The lowest BCUT2D eigenvalue weighted by atomic mass is 9.59. The van der Waals surface area contributed by atoms with Crippen LogP contribution < -0.4 is 5.32 Å². The van der Waals surface area contributed by atoms with Gasteiger partial charge in [0.25, 0.3) is 0 Å². The minimum absolute atomic E-state index is 0.0757. The Hall–Kier alpha value is -2.48. The fraction of sp³-hybridized carbons (Fsp3) is 0.600. The van der Waals surface area contributed by atoms with Crippen LogP contribution in [0.3, 0.4) is 0 Å². The van der Waals surface area contributed by atoms with Gasteiger partial charge in [0.05, 0.1) is 0 Å². The normalized spacial score (nSPS) is 37.9. The second kappa shape index (κ2) is 7.16. The number of rotatable bonds is 4. The monoisotopic (exact) mass is 385 g/mol. The largest absolute Gasteiger partial charge is 0.460 e. The quantitative estimate of drug-likeness (QED) is 0.675. The summed E-state index contributed by atoms with van der Waals surface area (Å²) < 4.78 is 5.45. The fourth-order valence-corrected chi connectivity index (χ4v) is 5.24. The molecule has 1 saturated heterocycles. The number of nitrogens with one attached hydrogen (secondary N) is 2. The molecule has 1 aromatic heterocycles. The molecule has 0 bridgehead atoms. The molecule has 8 nitrogen and oxygen atoms in total. The van der Waals surface area contributed by atoms with Gasteiger partial charge < -0.3 is 15.2 Å². The van der Waals surface area contributed by atoms with Crippen molar-refractivity contribution in [3.05, 3.63) is 35.8 Å². The van der Waals surface area contributed by atoms with Crippen molar-refractivity contribution in [1.29, 1.82) is 0 Å². The molecular formula is C20H27N5O3. The second-order valence-corrected chi connectivity index (χ2v) is 8.17. The van der Waals surface area contributed by atoms with Crippen LogP contribution in [0.15, 0.2) is 30.0 Å². The number of aromatic nitrogens is 4. The molecule has 0 radical (unpaired) electrons. The van der Waals surface area contributed by atoms with E-state index in [0.717, 1.165) is 17.7 Å². The molecular weight excluding hydrogens is 358 g/mol. The molecule has 150 valence electrons. The van der Waals surface area contributed by atoms with Gasteiger partial charge in [0.1, 0.15) is 6.10 Å². The number of hydrogen-bond donors (Lipinski definition) is 3. The zero-order valence-corrected chi connectivity index (χ0v) is 16.4. The number of hydrogen-bond acceptors (Lipinski definition) is 7. The number of fused-ring (bicyclic) bond motifs is 1. The second-order valence-electron chi connectivity index (χ2n) is 8.17. The van der Waals surface area contributed by atoms with Gasteiger partial charge in [-0.3, -0.25) is 0 Å². The van der Waals surface area contributed by atoms with Crippen LogP contribution in [0, 0.1) is 23.7 Å². The van der Waals surface area contributed by atoms with Crippen molar-refractivity contribution in [2.45, 2.75) is 45.3 Å². The standard InChI is InChI=1S/C20H27N5O3/c1-4-15-11(2)9-20(27)17(12(3)28-19(20)26)16(15)8-7-14-6-5-13(10-21-14)18-22-24-25-23-18/h5-8,11-12,15-17,21,27H,4,9-10H2,1-3H3,(H,22,23,24,25)/b8-7+/t11-,12+,15+,16-,17-,20-/m0/s1. The summed E-state index contributed by atoms with van der Waals surface area (Å²) in [4.78, 5) is 12.3. The van der Waals surface area contributed by atoms with Crippen LogP contribution in [0.1, 0.15) is 39.4 Å². The van der Waals surface area contributed by atoms with Gasteiger partial charge in [-0.2, -0.15) is 0 Å². The first-order chi connectivity index (χ1) is 13.4. The lowest BCUT2D eigenvalue weighted by Gasteiger charge is -2.45. The van der Waals surface area contributed by atoms with Crippen molar-refractivity contribution in [2.75, 3.05) is 6.54 Å². The Kier molecular flexibility index (Phi) is 4.82. The summed E-state index contributed by atoms with van der Waals surface area (Å²) in [6.45, 7) is 6.81. The number of esters is 1. The maximum atomic E-state index is 12.3. The molecule has 28 heavy (non-hydrogen) atoms. The van der Waals surface area contributed by atoms with E-state index in [4.69, 9.17) is 4.74 Å². The van der Waals surface area contributed by atoms with E-state index in [1.165, 1.54) is 0 Å². The number of ether oxygens (including phenoxy) is 1. The lowest BCUT2D eigenvalue weighted by molar-refractivity contribution is -0.160. The van der Waals surface area contributed by atoms with Crippen LogP contribution in [0.5, 0.6) is 0 Å². The van der Waals surface area contributed by atoms with Crippen molar-refractivity contribution >= 4 is 11.5 Å². The van der Waals surface area contributed by atoms with E-state index in [1.54, 1.807) is 0 Å². The summed E-state index contributed by atoms with van der Waals surface area (Å²) in [5.74, 6) is 0.693. The Morgan fingerprint density at radius 2 is 2.21 bits per heavy atom. The van der Waals surface area contributed by atoms with Crippen LogP contribution in [0.25, 0.3) is 5.57 Å². The highest BCUT2D eigenvalue weighted by Gasteiger charge is 2.62. The smallest absolute Gasteiger partial charge is 0.338 e. The highest BCUT2D eigenvalue weighted by molar-refractivity contribution is 5.82. The molecule has 1 aliphatic carbocycles. The number of tetrazole rings is 1. The Morgan fingerprint density at radius 1 is 1.39 bits per heavy atom. The minimum Gasteiger partial charge on any atom is -0.460 e. The van der Waals surface area contributed by atoms with Crippen molar-refractivity contribution < 1.29 is 14.6 Å². The van der Waals surface area contributed by atoms with E-state index < -0.39 is 11.6 Å². The van der Waals surface area contributed by atoms with Crippen LogP contribution in [0.4, 0.5) is 0 Å². The van der Waals surface area contributed by atoms with E-state index in [1.807, 2.05) is 25.2 Å². The molecule has 8 heteroatoms. The highest BCUT2D eigenvalue weighted by atomic mass is 16.6. The van der Waals surface area contributed by atoms with Crippen LogP contribution >= 0.6 is 0 Å². The zero-order chi connectivity index (χ0) is 19.9. The number of dihydropyridines is 1. The first kappa shape index (κ1) is 18.9. The fourth-order valence-electron chi connectivity index (χ4n) is 5.24. The molecule has 3 N–H and O–H groups in total. The highest BCUT2D eigenvalue weighted by Crippen LogP contribution is 2.52. The van der Waals surface area contributed by atoms with E-state index >= 15 is 0 Å². The zero-order valence-electron chi connectivity index (χ0n) is 16.4. The number of nitrogens with zero attached hydrogens (tertiary/aromatic N) is 3. The molecule has 4 rings (SSSR count). The summed E-state index contributed by atoms with van der Waals surface area (Å²) in [5, 5.41) is 28.4. The number of carbonyl (C=O) groups is 1. The number of cyclic esters (lactones) is 1.